The van der Waals surface area contributed by atoms with Crippen molar-refractivity contribution in [2.45, 2.75) is 89.5 Å². The molecule has 2 aliphatic heterocycles. The van der Waals surface area contributed by atoms with Gasteiger partial charge in [-0.1, -0.05) is 0 Å². The second-order valence-electron chi connectivity index (χ2n) is 14.8. The highest BCUT2D eigenvalue weighted by Gasteiger charge is 2.46. The number of amides is 2. The van der Waals surface area contributed by atoms with E-state index in [2.05, 4.69) is 51.0 Å². The Bertz CT molecular complexity index is 1930. The van der Waals surface area contributed by atoms with Gasteiger partial charge in [-0.25, -0.2) is 39.1 Å². The Hall–Kier alpha value is -5.82. The summed E-state index contributed by atoms with van der Waals surface area (Å²) in [5, 5.41) is 30.1. The largest absolute Gasteiger partial charge is 0.480 e. The van der Waals surface area contributed by atoms with Crippen LogP contribution < -0.4 is 20.4 Å². The van der Waals surface area contributed by atoms with Crippen molar-refractivity contribution in [2.75, 3.05) is 43.1 Å². The first-order valence-electron chi connectivity index (χ1n) is 17.1. The van der Waals surface area contributed by atoms with E-state index < -0.39 is 46.4 Å². The van der Waals surface area contributed by atoms with E-state index in [1.165, 1.54) is 19.8 Å². The molecular weight excluding hydrogens is 692 g/mol. The number of ether oxygens (including phenoxy) is 3. The van der Waals surface area contributed by atoms with Crippen molar-refractivity contribution in [1.82, 2.24) is 51.0 Å². The number of carboxylic acid groups (broad SMARTS) is 1. The van der Waals surface area contributed by atoms with Crippen LogP contribution in [0, 0.1) is 0 Å². The van der Waals surface area contributed by atoms with Crippen molar-refractivity contribution in [1.29, 1.82) is 0 Å². The van der Waals surface area contributed by atoms with E-state index in [1.807, 2.05) is 9.80 Å². The zero-order valence-corrected chi connectivity index (χ0v) is 30.8. The highest BCUT2D eigenvalue weighted by Crippen LogP contribution is 2.31. The van der Waals surface area contributed by atoms with Crippen LogP contribution in [-0.4, -0.2) is 125 Å². The number of aromatic amines is 2. The van der Waals surface area contributed by atoms with Gasteiger partial charge in [-0.15, -0.1) is 0 Å². The van der Waals surface area contributed by atoms with Crippen LogP contribution in [0.25, 0.3) is 22.1 Å². The summed E-state index contributed by atoms with van der Waals surface area (Å²) < 4.78 is 15.5. The molecule has 0 aliphatic carbocycles. The number of fused-ring (bicyclic) bond motifs is 2. The zero-order valence-electron chi connectivity index (χ0n) is 30.8. The monoisotopic (exact) mass is 738 g/mol. The third-order valence-corrected chi connectivity index (χ3v) is 8.75. The number of carbonyl (C=O) groups excluding carboxylic acids is 3. The number of aromatic nitrogens is 8. The average Bonchev–Trinajstić information content (AvgIpc) is 3.77. The maximum Gasteiger partial charge on any atom is 0.408 e. The fraction of sp³-hybridized carbons (Fsp3) is 0.576. The number of H-pyrrole nitrogens is 2. The van der Waals surface area contributed by atoms with Gasteiger partial charge < -0.3 is 39.8 Å². The number of aliphatic carboxylic acids is 1. The van der Waals surface area contributed by atoms with E-state index in [-0.39, 0.29) is 12.8 Å². The first-order valence-corrected chi connectivity index (χ1v) is 17.1. The van der Waals surface area contributed by atoms with Gasteiger partial charge in [0.1, 0.15) is 46.6 Å². The van der Waals surface area contributed by atoms with E-state index in [4.69, 9.17) is 14.2 Å². The Morgan fingerprint density at radius 1 is 0.698 bits per heavy atom. The van der Waals surface area contributed by atoms with Crippen LogP contribution >= 0.6 is 0 Å². The van der Waals surface area contributed by atoms with Gasteiger partial charge in [0.25, 0.3) is 0 Å². The quantitative estimate of drug-likeness (QED) is 0.141. The molecule has 286 valence electrons. The van der Waals surface area contributed by atoms with Gasteiger partial charge in [-0.3, -0.25) is 10.2 Å². The van der Waals surface area contributed by atoms with Crippen molar-refractivity contribution in [3.8, 4) is 0 Å². The van der Waals surface area contributed by atoms with Crippen LogP contribution in [0.4, 0.5) is 21.2 Å². The zero-order chi connectivity index (χ0) is 38.6. The number of hydrogen-bond acceptors (Lipinski definition) is 15. The molecule has 53 heavy (non-hydrogen) atoms. The molecule has 0 bridgehead atoms. The van der Waals surface area contributed by atoms with E-state index in [0.29, 0.717) is 56.1 Å². The predicted molar refractivity (Wildman–Crippen MR) is 190 cm³/mol. The number of carbonyl (C=O) groups is 4. The van der Waals surface area contributed by atoms with Crippen molar-refractivity contribution >= 4 is 57.8 Å². The number of carboxylic acids is 1. The summed E-state index contributed by atoms with van der Waals surface area (Å²) in [7, 11) is 1.31. The second-order valence-corrected chi connectivity index (χ2v) is 14.8. The lowest BCUT2D eigenvalue weighted by Gasteiger charge is -2.40. The third-order valence-electron chi connectivity index (χ3n) is 8.75. The Balaban J connectivity index is 0.000000204. The summed E-state index contributed by atoms with van der Waals surface area (Å²) in [5.41, 5.74) is -2.57. The highest BCUT2D eigenvalue weighted by atomic mass is 16.6. The van der Waals surface area contributed by atoms with Crippen LogP contribution in [0.2, 0.25) is 0 Å². The van der Waals surface area contributed by atoms with Gasteiger partial charge >= 0.3 is 24.1 Å². The summed E-state index contributed by atoms with van der Waals surface area (Å²) in [6, 6.07) is 0. The predicted octanol–water partition coefficient (Wildman–Crippen LogP) is 2.69. The SMILES string of the molecule is CC(C)(C)OC(=O)NC1(C(=O)O)CCN(c2ncnc3[nH]ncc23)CC1.COC(=O)C1(NC(=O)OC(C)(C)C)CCN(c2ncnc3[nH]ncc23)CC1. The van der Waals surface area contributed by atoms with Crippen LogP contribution in [-0.2, 0) is 23.8 Å². The Morgan fingerprint density at radius 3 is 1.47 bits per heavy atom. The first kappa shape index (κ1) is 38.4. The number of esters is 1. The molecule has 6 heterocycles. The molecule has 0 atom stereocenters. The average molecular weight is 739 g/mol. The highest BCUT2D eigenvalue weighted by molar-refractivity contribution is 5.89. The van der Waals surface area contributed by atoms with Gasteiger partial charge in [0.15, 0.2) is 11.3 Å². The summed E-state index contributed by atoms with van der Waals surface area (Å²) in [5.74, 6) is -0.118. The Morgan fingerprint density at radius 2 is 1.09 bits per heavy atom. The lowest BCUT2D eigenvalue weighted by Crippen LogP contribution is -2.61. The second kappa shape index (κ2) is 15.0. The lowest BCUT2D eigenvalue weighted by molar-refractivity contribution is -0.149. The molecule has 0 aromatic carbocycles. The molecule has 4 aromatic heterocycles. The summed E-state index contributed by atoms with van der Waals surface area (Å²) in [4.78, 5) is 69.6. The van der Waals surface area contributed by atoms with Gasteiger partial charge in [0.05, 0.1) is 30.3 Å². The molecule has 20 nitrogen and oxygen atoms in total. The molecule has 6 rings (SSSR count). The van der Waals surface area contributed by atoms with Gasteiger partial charge in [-0.2, -0.15) is 10.2 Å². The number of nitrogens with one attached hydrogen (secondary N) is 4. The third kappa shape index (κ3) is 8.98. The fourth-order valence-electron chi connectivity index (χ4n) is 6.17. The Labute approximate surface area is 304 Å². The van der Waals surface area contributed by atoms with Crippen molar-refractivity contribution in [3.63, 3.8) is 0 Å². The smallest absolute Gasteiger partial charge is 0.408 e. The first-order chi connectivity index (χ1) is 24.9. The number of hydrogen-bond donors (Lipinski definition) is 5. The van der Waals surface area contributed by atoms with Gasteiger partial charge in [0.2, 0.25) is 0 Å². The maximum atomic E-state index is 12.5. The molecule has 2 amide bonds. The molecule has 2 fully saturated rings. The van der Waals surface area contributed by atoms with Crippen LogP contribution in [0.1, 0.15) is 67.2 Å². The minimum atomic E-state index is -1.36. The minimum absolute atomic E-state index is 0.227. The molecule has 4 aromatic rings. The molecule has 0 radical (unpaired) electrons. The van der Waals surface area contributed by atoms with E-state index in [1.54, 1.807) is 53.9 Å². The van der Waals surface area contributed by atoms with Crippen molar-refractivity contribution in [3.05, 3.63) is 25.0 Å². The van der Waals surface area contributed by atoms with E-state index >= 15 is 0 Å². The van der Waals surface area contributed by atoms with Gasteiger partial charge in [0, 0.05) is 26.2 Å². The molecule has 20 heteroatoms. The van der Waals surface area contributed by atoms with Gasteiger partial charge in [-0.05, 0) is 67.2 Å². The molecular formula is C33H46N12O8. The number of rotatable bonds is 6. The Kier molecular flexibility index (Phi) is 10.9. The van der Waals surface area contributed by atoms with Crippen LogP contribution in [0.5, 0.6) is 0 Å². The standard InChI is InChI=1S/C17H24N6O4.C16H22N6O4/c1-16(2,3)27-15(25)21-17(14(24)26-4)5-7-23(8-6-17)13-11-9-20-22-12(11)18-10-19-13;1-15(2,3)26-14(25)20-16(13(23)24)4-6-22(7-5-16)12-10-8-19-21-11(10)17-9-18-12/h9-10H,5-8H2,1-4H3,(H,21,25)(H,18,19,20,22);8-9H,4-7H2,1-3H3,(H,20,25)(H,23,24)(H,17,18,19,21). The fourth-order valence-corrected chi connectivity index (χ4v) is 6.17. The topological polar surface area (TPSA) is 256 Å². The molecule has 0 unspecified atom stereocenters. The van der Waals surface area contributed by atoms with Crippen LogP contribution in [0.15, 0.2) is 25.0 Å². The molecule has 2 aliphatic rings. The number of piperidine rings is 2. The number of alkyl carbamates (subject to hydrolysis) is 2. The van der Waals surface area contributed by atoms with Crippen molar-refractivity contribution < 1.29 is 38.5 Å². The van der Waals surface area contributed by atoms with E-state index in [0.717, 1.165) is 16.6 Å². The summed E-state index contributed by atoms with van der Waals surface area (Å²) >= 11 is 0. The molecule has 0 spiro atoms. The molecule has 5 N–H and O–H groups in total. The van der Waals surface area contributed by atoms with E-state index in [9.17, 15) is 24.3 Å². The van der Waals surface area contributed by atoms with Crippen LogP contribution in [0.3, 0.4) is 0 Å². The van der Waals surface area contributed by atoms with Crippen molar-refractivity contribution in [2.24, 2.45) is 0 Å². The molecule has 0 saturated carbocycles. The normalized spacial score (nSPS) is 17.0. The number of nitrogens with zero attached hydrogens (tertiary/aromatic N) is 8. The number of methoxy groups -OCH3 is 1. The minimum Gasteiger partial charge on any atom is -0.480 e. The summed E-state index contributed by atoms with van der Waals surface area (Å²) in [6.07, 6.45) is 6.04. The maximum absolute atomic E-state index is 12.5. The number of anilines is 2. The lowest BCUT2D eigenvalue weighted by atomic mass is 9.87. The molecule has 2 saturated heterocycles. The summed E-state index contributed by atoms with van der Waals surface area (Å²) in [6.45, 7) is 12.3.